The molecule has 2 unspecified atom stereocenters. The number of halogens is 5. The number of fused-ring (bicyclic) bond motifs is 3. The van der Waals surface area contributed by atoms with Crippen LogP contribution in [0.2, 0.25) is 5.02 Å². The van der Waals surface area contributed by atoms with Gasteiger partial charge in [-0.3, -0.25) is 4.79 Å². The molecule has 2 aromatic carbocycles. The molecule has 3 aromatic rings. The fourth-order valence-electron chi connectivity index (χ4n) is 6.78. The van der Waals surface area contributed by atoms with Gasteiger partial charge in [-0.05, 0) is 62.5 Å². The number of benzene rings is 2. The molecule has 9 nitrogen and oxygen atoms in total. The number of hydrogen-bond donors (Lipinski definition) is 0. The van der Waals surface area contributed by atoms with Gasteiger partial charge in [0.15, 0.2) is 5.83 Å². The number of hydrogen-bond acceptors (Lipinski definition) is 8. The van der Waals surface area contributed by atoms with E-state index >= 15 is 0 Å². The van der Waals surface area contributed by atoms with Crippen molar-refractivity contribution in [3.05, 3.63) is 52.8 Å². The first-order chi connectivity index (χ1) is 22.5. The smallest absolute Gasteiger partial charge is 0.418 e. The number of carbonyl (C=O) groups is 1. The second-order valence-corrected chi connectivity index (χ2v) is 12.4. The third-order valence-electron chi connectivity index (χ3n) is 9.09. The predicted octanol–water partition coefficient (Wildman–Crippen LogP) is 6.18. The number of carbonyl (C=O) groups excluding carboxylic acids is 1. The van der Waals surface area contributed by atoms with Gasteiger partial charge in [0.05, 0.1) is 46.6 Å². The van der Waals surface area contributed by atoms with Gasteiger partial charge in [0, 0.05) is 31.2 Å². The van der Waals surface area contributed by atoms with Crippen molar-refractivity contribution >= 4 is 34.2 Å². The number of likely N-dealkylation sites (N-methyl/N-ethyl adjacent to an activating group) is 1. The summed E-state index contributed by atoms with van der Waals surface area (Å²) in [6, 6.07) is 7.26. The van der Waals surface area contributed by atoms with Crippen molar-refractivity contribution in [2.24, 2.45) is 0 Å². The van der Waals surface area contributed by atoms with Gasteiger partial charge in [0.25, 0.3) is 5.91 Å². The van der Waals surface area contributed by atoms with E-state index < -0.39 is 34.5 Å². The van der Waals surface area contributed by atoms with Crippen molar-refractivity contribution < 1.29 is 31.8 Å². The van der Waals surface area contributed by atoms with Crippen LogP contribution in [0.15, 0.2) is 36.7 Å². The average molecular weight is 673 g/mol. The van der Waals surface area contributed by atoms with Gasteiger partial charge >= 0.3 is 12.2 Å². The third kappa shape index (κ3) is 6.41. The highest BCUT2D eigenvalue weighted by Gasteiger charge is 2.38. The Labute approximate surface area is 274 Å². The SMILES string of the molecule is C=C(F)C(=O)N1CCN(c2nc(OCC3CCCN3C)nc3cc(-c4cccc(Cl)c4C(F)(F)F)c4c(c23)OCCC4)CC1CC#N. The van der Waals surface area contributed by atoms with Gasteiger partial charge in [0.1, 0.15) is 18.2 Å². The van der Waals surface area contributed by atoms with E-state index in [0.717, 1.165) is 19.4 Å². The number of nitrogens with zero attached hydrogens (tertiary/aromatic N) is 6. The van der Waals surface area contributed by atoms with Crippen LogP contribution in [0.25, 0.3) is 22.0 Å². The van der Waals surface area contributed by atoms with E-state index in [0.29, 0.717) is 59.7 Å². The Kier molecular flexibility index (Phi) is 9.18. The number of rotatable bonds is 7. The van der Waals surface area contributed by atoms with Gasteiger partial charge in [-0.2, -0.15) is 28.4 Å². The summed E-state index contributed by atoms with van der Waals surface area (Å²) in [6.45, 7) is 5.14. The minimum absolute atomic E-state index is 0.0316. The summed E-state index contributed by atoms with van der Waals surface area (Å²) in [5, 5.41) is 9.60. The molecule has 1 amide bonds. The van der Waals surface area contributed by atoms with E-state index in [4.69, 9.17) is 31.0 Å². The standard InChI is InChI=1S/C33H33ClF4N6O3/c1-19(35)31(45)44-14-13-43(17-20(44)10-11-39)30-27-26(40-32(41-30)47-18-21-6-4-12-42(21)2)16-24(23-8-5-15-46-29(23)27)22-7-3-9-25(34)28(22)33(36,37)38/h3,7,9,16,20-21H,1,4-6,8,10,12-15,17-18H2,2H3. The average Bonchev–Trinajstić information content (AvgIpc) is 3.46. The minimum atomic E-state index is -4.72. The van der Waals surface area contributed by atoms with E-state index in [1.807, 2.05) is 11.9 Å². The number of amides is 1. The molecule has 1 aromatic heterocycles. The Balaban J connectivity index is 1.52. The monoisotopic (exact) mass is 672 g/mol. The molecule has 0 spiro atoms. The molecule has 3 aliphatic heterocycles. The van der Waals surface area contributed by atoms with Crippen LogP contribution in [0.3, 0.4) is 0 Å². The lowest BCUT2D eigenvalue weighted by molar-refractivity contribution is -0.137. The predicted molar refractivity (Wildman–Crippen MR) is 168 cm³/mol. The van der Waals surface area contributed by atoms with Crippen molar-refractivity contribution in [2.75, 3.05) is 51.3 Å². The number of ether oxygens (including phenoxy) is 2. The van der Waals surface area contributed by atoms with Crippen molar-refractivity contribution in [1.82, 2.24) is 19.8 Å². The van der Waals surface area contributed by atoms with Crippen LogP contribution >= 0.6 is 11.6 Å². The highest BCUT2D eigenvalue weighted by molar-refractivity contribution is 6.32. The lowest BCUT2D eigenvalue weighted by Crippen LogP contribution is -2.55. The first-order valence-electron chi connectivity index (χ1n) is 15.4. The van der Waals surface area contributed by atoms with Gasteiger partial charge < -0.3 is 24.2 Å². The minimum Gasteiger partial charge on any atom is -0.492 e. The summed E-state index contributed by atoms with van der Waals surface area (Å²) >= 11 is 6.14. The molecule has 47 heavy (non-hydrogen) atoms. The lowest BCUT2D eigenvalue weighted by atomic mass is 9.89. The molecule has 0 radical (unpaired) electrons. The van der Waals surface area contributed by atoms with Crippen LogP contribution in [0.5, 0.6) is 11.8 Å². The number of anilines is 1. The summed E-state index contributed by atoms with van der Waals surface area (Å²) in [5.41, 5.74) is 0.141. The topological polar surface area (TPSA) is 94.8 Å². The van der Waals surface area contributed by atoms with Crippen molar-refractivity contribution in [3.8, 4) is 29.0 Å². The molecular weight excluding hydrogens is 640 g/mol. The lowest BCUT2D eigenvalue weighted by Gasteiger charge is -2.41. The van der Waals surface area contributed by atoms with Gasteiger partial charge in [-0.15, -0.1) is 0 Å². The fraction of sp³-hybridized carbons (Fsp3) is 0.455. The molecule has 3 aliphatic rings. The zero-order valence-electron chi connectivity index (χ0n) is 25.7. The van der Waals surface area contributed by atoms with Gasteiger partial charge in [0.2, 0.25) is 0 Å². The number of piperazine rings is 1. The maximum atomic E-state index is 14.4. The van der Waals surface area contributed by atoms with Crippen molar-refractivity contribution in [2.45, 2.75) is 50.4 Å². The Bertz CT molecular complexity index is 1760. The zero-order chi connectivity index (χ0) is 33.5. The van der Waals surface area contributed by atoms with Crippen LogP contribution in [-0.2, 0) is 17.4 Å². The number of nitriles is 1. The van der Waals surface area contributed by atoms with E-state index in [2.05, 4.69) is 17.5 Å². The van der Waals surface area contributed by atoms with Crippen LogP contribution in [0.4, 0.5) is 23.4 Å². The third-order valence-corrected chi connectivity index (χ3v) is 9.40. The summed E-state index contributed by atoms with van der Waals surface area (Å²) in [4.78, 5) is 27.4. The molecule has 4 heterocycles. The molecule has 2 saturated heterocycles. The number of aromatic nitrogens is 2. The first-order valence-corrected chi connectivity index (χ1v) is 15.8. The van der Waals surface area contributed by atoms with Crippen molar-refractivity contribution in [1.29, 1.82) is 5.26 Å². The Morgan fingerprint density at radius 1 is 1.19 bits per heavy atom. The molecule has 0 N–H and O–H groups in total. The molecule has 0 saturated carbocycles. The van der Waals surface area contributed by atoms with Crippen LogP contribution in [0.1, 0.15) is 36.8 Å². The van der Waals surface area contributed by atoms with Crippen LogP contribution < -0.4 is 14.4 Å². The van der Waals surface area contributed by atoms with E-state index in [-0.39, 0.29) is 43.7 Å². The van der Waals surface area contributed by atoms with E-state index in [1.165, 1.54) is 23.1 Å². The largest absolute Gasteiger partial charge is 0.492 e. The van der Waals surface area contributed by atoms with Crippen molar-refractivity contribution in [3.63, 3.8) is 0 Å². The van der Waals surface area contributed by atoms with E-state index in [9.17, 15) is 27.6 Å². The summed E-state index contributed by atoms with van der Waals surface area (Å²) < 4.78 is 69.4. The molecular formula is C33H33ClF4N6O3. The fourth-order valence-corrected chi connectivity index (χ4v) is 7.06. The second kappa shape index (κ2) is 13.2. The number of likely N-dealkylation sites (tertiary alicyclic amines) is 1. The summed E-state index contributed by atoms with van der Waals surface area (Å²) in [7, 11) is 2.01. The highest BCUT2D eigenvalue weighted by atomic mass is 35.5. The van der Waals surface area contributed by atoms with Crippen LogP contribution in [-0.4, -0.2) is 84.2 Å². The molecule has 14 heteroatoms. The Morgan fingerprint density at radius 3 is 2.70 bits per heavy atom. The normalized spacial score (nSPS) is 20.1. The first kappa shape index (κ1) is 32.8. The maximum absolute atomic E-state index is 14.4. The molecule has 248 valence electrons. The second-order valence-electron chi connectivity index (χ2n) is 12.0. The highest BCUT2D eigenvalue weighted by Crippen LogP contribution is 2.48. The molecule has 6 rings (SSSR count). The zero-order valence-corrected chi connectivity index (χ0v) is 26.5. The molecule has 0 bridgehead atoms. The van der Waals surface area contributed by atoms with Gasteiger partial charge in [-0.1, -0.05) is 30.3 Å². The van der Waals surface area contributed by atoms with Crippen LogP contribution in [0, 0.1) is 11.3 Å². The van der Waals surface area contributed by atoms with Gasteiger partial charge in [-0.25, -0.2) is 4.39 Å². The maximum Gasteiger partial charge on any atom is 0.418 e. The van der Waals surface area contributed by atoms with E-state index in [1.54, 1.807) is 6.07 Å². The number of alkyl halides is 3. The molecule has 2 fully saturated rings. The molecule has 0 aliphatic carbocycles. The Hall–Kier alpha value is -4.15. The quantitative estimate of drug-likeness (QED) is 0.217. The Morgan fingerprint density at radius 2 is 2.00 bits per heavy atom. The summed E-state index contributed by atoms with van der Waals surface area (Å²) in [5.74, 6) is -1.24. The summed E-state index contributed by atoms with van der Waals surface area (Å²) in [6.07, 6.45) is -1.81. The molecule has 2 atom stereocenters.